The first-order chi connectivity index (χ1) is 14.0. The molecule has 2 aromatic rings. The van der Waals surface area contributed by atoms with Crippen LogP contribution in [-0.4, -0.2) is 34.7 Å². The molecule has 0 saturated carbocycles. The maximum atomic E-state index is 12.4. The maximum Gasteiger partial charge on any atom is 0.269 e. The zero-order valence-corrected chi connectivity index (χ0v) is 16.0. The van der Waals surface area contributed by atoms with Gasteiger partial charge in [0.05, 0.1) is 17.4 Å². The monoisotopic (exact) mass is 394 g/mol. The number of carbonyl (C=O) groups is 2. The van der Waals surface area contributed by atoms with Gasteiger partial charge in [-0.2, -0.15) is 0 Å². The van der Waals surface area contributed by atoms with Gasteiger partial charge in [-0.15, -0.1) is 0 Å². The molecule has 3 rings (SSSR count). The summed E-state index contributed by atoms with van der Waals surface area (Å²) < 4.78 is 0. The molecule has 0 aromatic heterocycles. The Morgan fingerprint density at radius 3 is 2.52 bits per heavy atom. The van der Waals surface area contributed by atoms with E-state index in [2.05, 4.69) is 10.6 Å². The highest BCUT2D eigenvalue weighted by Crippen LogP contribution is 2.32. The largest absolute Gasteiger partial charge is 0.383 e. The van der Waals surface area contributed by atoms with Crippen LogP contribution in [0, 0.1) is 10.1 Å². The standard InChI is InChI=1S/C21H22N4O4/c1-15(26)24-13-10-16-4-2-3-5-19(16)20(24)14-21(27)23-12-11-22-17-6-8-18(9-7-17)25(28)29/h2-10,13,20,22H,11-12,14H2,1H3,(H,23,27)/t20-/m1/s1. The summed E-state index contributed by atoms with van der Waals surface area (Å²) in [6.45, 7) is 2.35. The van der Waals surface area contributed by atoms with Crippen LogP contribution in [0.5, 0.6) is 0 Å². The minimum atomic E-state index is -0.451. The normalized spacial score (nSPS) is 14.8. The van der Waals surface area contributed by atoms with Crippen molar-refractivity contribution in [3.05, 3.63) is 76.0 Å². The van der Waals surface area contributed by atoms with Gasteiger partial charge in [0.15, 0.2) is 0 Å². The van der Waals surface area contributed by atoms with Crippen LogP contribution in [0.4, 0.5) is 11.4 Å². The molecule has 0 bridgehead atoms. The number of rotatable bonds is 7. The molecule has 1 aliphatic rings. The van der Waals surface area contributed by atoms with E-state index in [1.807, 2.05) is 30.3 Å². The Kier molecular flexibility index (Phi) is 6.23. The van der Waals surface area contributed by atoms with E-state index in [1.165, 1.54) is 19.1 Å². The van der Waals surface area contributed by atoms with E-state index in [4.69, 9.17) is 0 Å². The number of carbonyl (C=O) groups excluding carboxylic acids is 2. The van der Waals surface area contributed by atoms with Crippen LogP contribution in [0.15, 0.2) is 54.7 Å². The zero-order chi connectivity index (χ0) is 20.8. The van der Waals surface area contributed by atoms with Crippen LogP contribution >= 0.6 is 0 Å². The third kappa shape index (κ3) is 4.98. The van der Waals surface area contributed by atoms with Gasteiger partial charge in [0.1, 0.15) is 0 Å². The molecule has 29 heavy (non-hydrogen) atoms. The van der Waals surface area contributed by atoms with Crippen molar-refractivity contribution in [2.24, 2.45) is 0 Å². The van der Waals surface area contributed by atoms with Crippen molar-refractivity contribution in [1.82, 2.24) is 10.2 Å². The second kappa shape index (κ2) is 9.01. The first-order valence-corrected chi connectivity index (χ1v) is 9.27. The van der Waals surface area contributed by atoms with E-state index in [0.29, 0.717) is 13.1 Å². The quantitative estimate of drug-likeness (QED) is 0.427. The van der Waals surface area contributed by atoms with Gasteiger partial charge < -0.3 is 15.5 Å². The topological polar surface area (TPSA) is 105 Å². The number of hydrogen-bond donors (Lipinski definition) is 2. The highest BCUT2D eigenvalue weighted by Gasteiger charge is 2.27. The molecule has 8 nitrogen and oxygen atoms in total. The van der Waals surface area contributed by atoms with Gasteiger partial charge in [0.2, 0.25) is 11.8 Å². The molecule has 0 aliphatic carbocycles. The average molecular weight is 394 g/mol. The SMILES string of the molecule is CC(=O)N1C=Cc2ccccc2[C@H]1CC(=O)NCCNc1ccc([N+](=O)[O-])cc1. The number of nitro benzene ring substituents is 1. The highest BCUT2D eigenvalue weighted by atomic mass is 16.6. The summed E-state index contributed by atoms with van der Waals surface area (Å²) in [5.41, 5.74) is 2.71. The van der Waals surface area contributed by atoms with Crippen LogP contribution in [0.1, 0.15) is 30.5 Å². The molecule has 150 valence electrons. The number of nitro groups is 1. The summed E-state index contributed by atoms with van der Waals surface area (Å²) in [6.07, 6.45) is 3.76. The number of nitrogens with zero attached hydrogens (tertiary/aromatic N) is 2. The molecule has 1 aliphatic heterocycles. The van der Waals surface area contributed by atoms with Crippen LogP contribution in [0.2, 0.25) is 0 Å². The Bertz CT molecular complexity index is 940. The van der Waals surface area contributed by atoms with Crippen molar-refractivity contribution in [3.63, 3.8) is 0 Å². The molecule has 0 spiro atoms. The molecule has 2 N–H and O–H groups in total. The van der Waals surface area contributed by atoms with Crippen LogP contribution < -0.4 is 10.6 Å². The van der Waals surface area contributed by atoms with E-state index in [9.17, 15) is 19.7 Å². The number of non-ortho nitro benzene ring substituents is 1. The van der Waals surface area contributed by atoms with E-state index in [1.54, 1.807) is 23.2 Å². The summed E-state index contributed by atoms with van der Waals surface area (Å²) in [4.78, 5) is 36.2. The number of fused-ring (bicyclic) bond motifs is 1. The third-order valence-corrected chi connectivity index (χ3v) is 4.70. The van der Waals surface area contributed by atoms with Crippen molar-refractivity contribution in [2.45, 2.75) is 19.4 Å². The Morgan fingerprint density at radius 2 is 1.83 bits per heavy atom. The Morgan fingerprint density at radius 1 is 1.10 bits per heavy atom. The minimum Gasteiger partial charge on any atom is -0.383 e. The van der Waals surface area contributed by atoms with Gasteiger partial charge in [-0.3, -0.25) is 19.7 Å². The van der Waals surface area contributed by atoms with Gasteiger partial charge in [-0.1, -0.05) is 24.3 Å². The molecular weight excluding hydrogens is 372 g/mol. The minimum absolute atomic E-state index is 0.0284. The van der Waals surface area contributed by atoms with E-state index in [0.717, 1.165) is 16.8 Å². The molecule has 1 atom stereocenters. The first kappa shape index (κ1) is 20.1. The van der Waals surface area contributed by atoms with Gasteiger partial charge in [0.25, 0.3) is 5.69 Å². The van der Waals surface area contributed by atoms with Gasteiger partial charge in [0, 0.05) is 44.0 Å². The molecular formula is C21H22N4O4. The smallest absolute Gasteiger partial charge is 0.269 e. The predicted molar refractivity (Wildman–Crippen MR) is 110 cm³/mol. The lowest BCUT2D eigenvalue weighted by Crippen LogP contribution is -2.36. The lowest BCUT2D eigenvalue weighted by molar-refractivity contribution is -0.384. The van der Waals surface area contributed by atoms with Crippen molar-refractivity contribution >= 4 is 29.3 Å². The van der Waals surface area contributed by atoms with Gasteiger partial charge >= 0.3 is 0 Å². The Balaban J connectivity index is 1.52. The summed E-state index contributed by atoms with van der Waals surface area (Å²) in [7, 11) is 0. The van der Waals surface area contributed by atoms with Crippen LogP contribution in [0.25, 0.3) is 6.08 Å². The fourth-order valence-electron chi connectivity index (χ4n) is 3.27. The van der Waals surface area contributed by atoms with Gasteiger partial charge in [-0.25, -0.2) is 0 Å². The fourth-order valence-corrected chi connectivity index (χ4v) is 3.27. The van der Waals surface area contributed by atoms with Crippen molar-refractivity contribution in [1.29, 1.82) is 0 Å². The highest BCUT2D eigenvalue weighted by molar-refractivity contribution is 5.81. The lowest BCUT2D eigenvalue weighted by atomic mass is 9.93. The summed E-state index contributed by atoms with van der Waals surface area (Å²) in [5.74, 6) is -0.273. The Labute approximate surface area is 168 Å². The van der Waals surface area contributed by atoms with E-state index < -0.39 is 4.92 Å². The van der Waals surface area contributed by atoms with E-state index in [-0.39, 0.29) is 30.0 Å². The number of benzene rings is 2. The van der Waals surface area contributed by atoms with Crippen LogP contribution in [0.3, 0.4) is 0 Å². The summed E-state index contributed by atoms with van der Waals surface area (Å²) in [6, 6.07) is 13.5. The zero-order valence-electron chi connectivity index (χ0n) is 16.0. The first-order valence-electron chi connectivity index (χ1n) is 9.27. The summed E-state index contributed by atoms with van der Waals surface area (Å²) >= 11 is 0. The van der Waals surface area contributed by atoms with Crippen molar-refractivity contribution < 1.29 is 14.5 Å². The molecule has 8 heteroatoms. The average Bonchev–Trinajstić information content (AvgIpc) is 2.71. The molecule has 0 fully saturated rings. The number of anilines is 1. The second-order valence-corrected chi connectivity index (χ2v) is 6.67. The number of hydrogen-bond acceptors (Lipinski definition) is 5. The van der Waals surface area contributed by atoms with Crippen LogP contribution in [-0.2, 0) is 9.59 Å². The fraction of sp³-hybridized carbons (Fsp3) is 0.238. The molecule has 1 heterocycles. The number of nitrogens with one attached hydrogen (secondary N) is 2. The van der Waals surface area contributed by atoms with Crippen molar-refractivity contribution in [2.75, 3.05) is 18.4 Å². The molecule has 2 amide bonds. The second-order valence-electron chi connectivity index (χ2n) is 6.67. The number of amides is 2. The van der Waals surface area contributed by atoms with Crippen molar-refractivity contribution in [3.8, 4) is 0 Å². The lowest BCUT2D eigenvalue weighted by Gasteiger charge is -2.32. The molecule has 0 saturated heterocycles. The third-order valence-electron chi connectivity index (χ3n) is 4.70. The Hall–Kier alpha value is -3.68. The predicted octanol–water partition coefficient (Wildman–Crippen LogP) is 3.09. The molecule has 0 unspecified atom stereocenters. The molecule has 2 aromatic carbocycles. The maximum absolute atomic E-state index is 12.4. The van der Waals surface area contributed by atoms with E-state index >= 15 is 0 Å². The summed E-state index contributed by atoms with van der Waals surface area (Å²) in [5, 5.41) is 16.6. The van der Waals surface area contributed by atoms with Gasteiger partial charge in [-0.05, 0) is 29.3 Å². The molecule has 0 radical (unpaired) electrons.